The molecular weight excluding hydrogens is 290 g/mol. The van der Waals surface area contributed by atoms with E-state index in [2.05, 4.69) is 16.0 Å². The molecule has 1 aromatic carbocycles. The van der Waals surface area contributed by atoms with Gasteiger partial charge in [-0.25, -0.2) is 0 Å². The molecule has 21 heavy (non-hydrogen) atoms. The number of benzene rings is 1. The summed E-state index contributed by atoms with van der Waals surface area (Å²) in [7, 11) is 0. The van der Waals surface area contributed by atoms with E-state index in [1.54, 1.807) is 6.92 Å². The zero-order valence-electron chi connectivity index (χ0n) is 12.1. The van der Waals surface area contributed by atoms with Crippen LogP contribution in [0.5, 0.6) is 11.5 Å². The lowest BCUT2D eigenvalue weighted by molar-refractivity contribution is -0.122. The number of hydrogen-bond donors (Lipinski definition) is 3. The average molecular weight is 309 g/mol. The zero-order valence-corrected chi connectivity index (χ0v) is 12.9. The second-order valence-electron chi connectivity index (χ2n) is 4.63. The molecule has 0 bridgehead atoms. The minimum absolute atomic E-state index is 0.0790. The summed E-state index contributed by atoms with van der Waals surface area (Å²) in [5.41, 5.74) is 1.02. The van der Waals surface area contributed by atoms with Gasteiger partial charge in [0.1, 0.15) is 6.04 Å². The molecule has 2 rings (SSSR count). The van der Waals surface area contributed by atoms with Crippen molar-refractivity contribution in [2.45, 2.75) is 26.4 Å². The Balaban J connectivity index is 1.80. The van der Waals surface area contributed by atoms with Crippen molar-refractivity contribution in [1.82, 2.24) is 16.0 Å². The highest BCUT2D eigenvalue weighted by molar-refractivity contribution is 7.80. The lowest BCUT2D eigenvalue weighted by Gasteiger charge is -2.16. The molecule has 0 saturated heterocycles. The SMILES string of the molecule is CCNC(=O)[C@H](C)NC(=S)NCc1ccc2c(c1)OCO2. The van der Waals surface area contributed by atoms with Crippen molar-refractivity contribution in [2.75, 3.05) is 13.3 Å². The molecule has 0 spiro atoms. The summed E-state index contributed by atoms with van der Waals surface area (Å²) in [6, 6.07) is 5.34. The minimum atomic E-state index is -0.373. The van der Waals surface area contributed by atoms with Crippen LogP contribution < -0.4 is 25.4 Å². The first-order valence-electron chi connectivity index (χ1n) is 6.80. The van der Waals surface area contributed by atoms with Gasteiger partial charge in [0.15, 0.2) is 16.6 Å². The fraction of sp³-hybridized carbons (Fsp3) is 0.429. The van der Waals surface area contributed by atoms with Crippen LogP contribution in [0.1, 0.15) is 19.4 Å². The molecule has 0 saturated carbocycles. The topological polar surface area (TPSA) is 71.6 Å². The highest BCUT2D eigenvalue weighted by atomic mass is 32.1. The van der Waals surface area contributed by atoms with Crippen LogP contribution in [0, 0.1) is 0 Å². The Hall–Kier alpha value is -2.02. The first-order valence-corrected chi connectivity index (χ1v) is 7.21. The third-order valence-corrected chi connectivity index (χ3v) is 3.24. The largest absolute Gasteiger partial charge is 0.454 e. The minimum Gasteiger partial charge on any atom is -0.454 e. The molecule has 7 heteroatoms. The summed E-state index contributed by atoms with van der Waals surface area (Å²) < 4.78 is 10.6. The molecule has 1 amide bonds. The fourth-order valence-corrected chi connectivity index (χ4v) is 2.12. The predicted octanol–water partition coefficient (Wildman–Crippen LogP) is 0.904. The molecule has 1 aliphatic heterocycles. The number of fused-ring (bicyclic) bond motifs is 1. The first kappa shape index (κ1) is 15.4. The molecule has 0 aromatic heterocycles. The summed E-state index contributed by atoms with van der Waals surface area (Å²) in [5.74, 6) is 1.41. The van der Waals surface area contributed by atoms with E-state index in [1.807, 2.05) is 25.1 Å². The molecule has 0 unspecified atom stereocenters. The number of rotatable bonds is 5. The Kier molecular flexibility index (Phi) is 5.21. The highest BCUT2D eigenvalue weighted by Crippen LogP contribution is 2.32. The van der Waals surface area contributed by atoms with Crippen LogP contribution >= 0.6 is 12.2 Å². The maximum atomic E-state index is 11.6. The quantitative estimate of drug-likeness (QED) is 0.702. The van der Waals surface area contributed by atoms with Gasteiger partial charge in [-0.15, -0.1) is 0 Å². The van der Waals surface area contributed by atoms with Crippen LogP contribution in [-0.2, 0) is 11.3 Å². The van der Waals surface area contributed by atoms with Crippen LogP contribution in [0.4, 0.5) is 0 Å². The van der Waals surface area contributed by atoms with E-state index in [0.717, 1.165) is 17.1 Å². The van der Waals surface area contributed by atoms with Crippen molar-refractivity contribution in [3.05, 3.63) is 23.8 Å². The van der Waals surface area contributed by atoms with Gasteiger partial charge in [0.25, 0.3) is 0 Å². The molecule has 1 heterocycles. The Morgan fingerprint density at radius 3 is 2.86 bits per heavy atom. The van der Waals surface area contributed by atoms with Crippen LogP contribution in [0.3, 0.4) is 0 Å². The van der Waals surface area contributed by atoms with Crippen molar-refractivity contribution in [3.63, 3.8) is 0 Å². The number of likely N-dealkylation sites (N-methyl/N-ethyl adjacent to an activating group) is 1. The molecule has 0 radical (unpaired) electrons. The molecule has 6 nitrogen and oxygen atoms in total. The van der Waals surface area contributed by atoms with Gasteiger partial charge in [0.2, 0.25) is 12.7 Å². The maximum absolute atomic E-state index is 11.6. The van der Waals surface area contributed by atoms with Crippen LogP contribution in [-0.4, -0.2) is 30.4 Å². The monoisotopic (exact) mass is 309 g/mol. The number of nitrogens with one attached hydrogen (secondary N) is 3. The summed E-state index contributed by atoms with van der Waals surface area (Å²) >= 11 is 5.17. The number of carbonyl (C=O) groups excluding carboxylic acids is 1. The Morgan fingerprint density at radius 2 is 2.10 bits per heavy atom. The van der Waals surface area contributed by atoms with Crippen molar-refractivity contribution in [1.29, 1.82) is 0 Å². The van der Waals surface area contributed by atoms with Crippen LogP contribution in [0.2, 0.25) is 0 Å². The molecule has 0 fully saturated rings. The van der Waals surface area contributed by atoms with Crippen molar-refractivity contribution < 1.29 is 14.3 Å². The van der Waals surface area contributed by atoms with E-state index in [9.17, 15) is 4.79 Å². The maximum Gasteiger partial charge on any atom is 0.242 e. The lowest BCUT2D eigenvalue weighted by Crippen LogP contribution is -2.48. The third-order valence-electron chi connectivity index (χ3n) is 2.98. The van der Waals surface area contributed by atoms with Gasteiger partial charge in [-0.2, -0.15) is 0 Å². The Labute approximate surface area is 129 Å². The van der Waals surface area contributed by atoms with E-state index in [-0.39, 0.29) is 18.7 Å². The summed E-state index contributed by atoms with van der Waals surface area (Å²) in [6.07, 6.45) is 0. The summed E-state index contributed by atoms with van der Waals surface area (Å²) in [4.78, 5) is 11.6. The molecule has 114 valence electrons. The predicted molar refractivity (Wildman–Crippen MR) is 83.3 cm³/mol. The number of hydrogen-bond acceptors (Lipinski definition) is 4. The molecular formula is C14H19N3O3S. The van der Waals surface area contributed by atoms with Crippen LogP contribution in [0.15, 0.2) is 18.2 Å². The second kappa shape index (κ2) is 7.12. The zero-order chi connectivity index (χ0) is 15.2. The van der Waals surface area contributed by atoms with Crippen molar-refractivity contribution in [3.8, 4) is 11.5 Å². The molecule has 1 aliphatic rings. The summed E-state index contributed by atoms with van der Waals surface area (Å²) in [5, 5.41) is 9.17. The van der Waals surface area contributed by atoms with Gasteiger partial charge in [-0.05, 0) is 43.8 Å². The second-order valence-corrected chi connectivity index (χ2v) is 5.04. The number of amides is 1. The van der Waals surface area contributed by atoms with Gasteiger partial charge in [0.05, 0.1) is 0 Å². The van der Waals surface area contributed by atoms with E-state index in [4.69, 9.17) is 21.7 Å². The third kappa shape index (κ3) is 4.22. The number of carbonyl (C=O) groups is 1. The van der Waals surface area contributed by atoms with E-state index < -0.39 is 0 Å². The van der Waals surface area contributed by atoms with Crippen LogP contribution in [0.25, 0.3) is 0 Å². The molecule has 0 aliphatic carbocycles. The van der Waals surface area contributed by atoms with Gasteiger partial charge >= 0.3 is 0 Å². The Bertz CT molecular complexity index is 536. The highest BCUT2D eigenvalue weighted by Gasteiger charge is 2.14. The summed E-state index contributed by atoms with van der Waals surface area (Å²) in [6.45, 7) is 5.05. The average Bonchev–Trinajstić information content (AvgIpc) is 2.92. The molecule has 3 N–H and O–H groups in total. The lowest BCUT2D eigenvalue weighted by atomic mass is 10.2. The normalized spacial score (nSPS) is 13.4. The molecule has 1 aromatic rings. The fourth-order valence-electron chi connectivity index (χ4n) is 1.87. The van der Waals surface area contributed by atoms with Gasteiger partial charge in [-0.1, -0.05) is 6.07 Å². The van der Waals surface area contributed by atoms with E-state index in [0.29, 0.717) is 18.2 Å². The van der Waals surface area contributed by atoms with E-state index in [1.165, 1.54) is 0 Å². The van der Waals surface area contributed by atoms with Gasteiger partial charge < -0.3 is 25.4 Å². The van der Waals surface area contributed by atoms with Gasteiger partial charge in [0, 0.05) is 13.1 Å². The molecule has 1 atom stereocenters. The first-order chi connectivity index (χ1) is 10.1. The smallest absolute Gasteiger partial charge is 0.242 e. The number of thiocarbonyl (C=S) groups is 1. The van der Waals surface area contributed by atoms with E-state index >= 15 is 0 Å². The van der Waals surface area contributed by atoms with Gasteiger partial charge in [-0.3, -0.25) is 4.79 Å². The Morgan fingerprint density at radius 1 is 1.33 bits per heavy atom. The van der Waals surface area contributed by atoms with Crippen molar-refractivity contribution >= 4 is 23.2 Å². The van der Waals surface area contributed by atoms with Crippen molar-refractivity contribution in [2.24, 2.45) is 0 Å². The standard InChI is InChI=1S/C14H19N3O3S/c1-3-15-13(18)9(2)17-14(21)16-7-10-4-5-11-12(6-10)20-8-19-11/h4-6,9H,3,7-8H2,1-2H3,(H,15,18)(H2,16,17,21)/t9-/m0/s1. The number of ether oxygens (including phenoxy) is 2.